The molecule has 120 valence electrons. The third-order valence-corrected chi connectivity index (χ3v) is 3.12. The van der Waals surface area contributed by atoms with Crippen LogP contribution in [0.25, 0.3) is 12.2 Å². The van der Waals surface area contributed by atoms with Crippen molar-refractivity contribution in [1.82, 2.24) is 0 Å². The molecule has 2 aromatic rings. The topological polar surface area (TPSA) is 69.9 Å². The molecular formula is C19H20O4. The van der Waals surface area contributed by atoms with E-state index in [1.165, 1.54) is 12.1 Å². The van der Waals surface area contributed by atoms with E-state index >= 15 is 0 Å². The predicted molar refractivity (Wildman–Crippen MR) is 91.7 cm³/mol. The van der Waals surface area contributed by atoms with E-state index in [9.17, 15) is 15.3 Å². The van der Waals surface area contributed by atoms with E-state index in [0.29, 0.717) is 12.4 Å². The Hall–Kier alpha value is -2.88. The van der Waals surface area contributed by atoms with Gasteiger partial charge in [0.05, 0.1) is 0 Å². The fraction of sp³-hybridized carbons (Fsp3) is 0.158. The Morgan fingerprint density at radius 3 is 2.35 bits per heavy atom. The van der Waals surface area contributed by atoms with Crippen molar-refractivity contribution >= 4 is 12.2 Å². The maximum absolute atomic E-state index is 9.78. The van der Waals surface area contributed by atoms with Crippen LogP contribution in [0.5, 0.6) is 23.0 Å². The lowest BCUT2D eigenvalue weighted by Gasteiger charge is -2.06. The van der Waals surface area contributed by atoms with Crippen LogP contribution in [0.15, 0.2) is 48.0 Å². The molecule has 0 atom stereocenters. The maximum Gasteiger partial charge on any atom is 0.157 e. The van der Waals surface area contributed by atoms with Gasteiger partial charge in [0.1, 0.15) is 18.1 Å². The summed E-state index contributed by atoms with van der Waals surface area (Å²) in [6.07, 6.45) is 5.52. The van der Waals surface area contributed by atoms with E-state index in [4.69, 9.17) is 4.74 Å². The van der Waals surface area contributed by atoms with Crippen molar-refractivity contribution in [2.24, 2.45) is 0 Å². The third kappa shape index (κ3) is 5.11. The average molecular weight is 312 g/mol. The Morgan fingerprint density at radius 1 is 0.913 bits per heavy atom. The summed E-state index contributed by atoms with van der Waals surface area (Å²) in [5.41, 5.74) is 2.66. The quantitative estimate of drug-likeness (QED) is 0.437. The van der Waals surface area contributed by atoms with Crippen LogP contribution >= 0.6 is 0 Å². The SMILES string of the molecule is CC(C)=CCOc1cc(O)cc(C=Cc2ccc(O)c(O)c2)c1. The van der Waals surface area contributed by atoms with Crippen LogP contribution in [-0.4, -0.2) is 21.9 Å². The van der Waals surface area contributed by atoms with Crippen LogP contribution in [0.2, 0.25) is 0 Å². The second kappa shape index (κ2) is 7.40. The largest absolute Gasteiger partial charge is 0.508 e. The van der Waals surface area contributed by atoms with Gasteiger partial charge in [0.2, 0.25) is 0 Å². The number of aromatic hydroxyl groups is 3. The van der Waals surface area contributed by atoms with E-state index in [1.807, 2.05) is 26.0 Å². The molecule has 4 nitrogen and oxygen atoms in total. The van der Waals surface area contributed by atoms with E-state index < -0.39 is 0 Å². The molecule has 0 saturated heterocycles. The summed E-state index contributed by atoms with van der Waals surface area (Å²) in [7, 11) is 0. The van der Waals surface area contributed by atoms with Crippen LogP contribution in [-0.2, 0) is 0 Å². The third-order valence-electron chi connectivity index (χ3n) is 3.12. The first kappa shape index (κ1) is 16.5. The highest BCUT2D eigenvalue weighted by atomic mass is 16.5. The highest BCUT2D eigenvalue weighted by molar-refractivity contribution is 5.72. The lowest BCUT2D eigenvalue weighted by Crippen LogP contribution is -1.94. The zero-order valence-corrected chi connectivity index (χ0v) is 13.2. The lowest BCUT2D eigenvalue weighted by atomic mass is 10.1. The molecule has 0 radical (unpaired) electrons. The average Bonchev–Trinajstić information content (AvgIpc) is 2.48. The highest BCUT2D eigenvalue weighted by Crippen LogP contribution is 2.27. The summed E-state index contributed by atoms with van der Waals surface area (Å²) in [4.78, 5) is 0. The first-order valence-corrected chi connectivity index (χ1v) is 7.24. The van der Waals surface area contributed by atoms with Gasteiger partial charge < -0.3 is 20.1 Å². The fourth-order valence-corrected chi connectivity index (χ4v) is 1.93. The van der Waals surface area contributed by atoms with Gasteiger partial charge in [0, 0.05) is 6.07 Å². The summed E-state index contributed by atoms with van der Waals surface area (Å²) >= 11 is 0. The van der Waals surface area contributed by atoms with E-state index in [1.54, 1.807) is 30.4 Å². The Bertz CT molecular complexity index is 741. The molecule has 2 aromatic carbocycles. The fourth-order valence-electron chi connectivity index (χ4n) is 1.93. The Balaban J connectivity index is 2.15. The summed E-state index contributed by atoms with van der Waals surface area (Å²) in [5.74, 6) is 0.367. The van der Waals surface area contributed by atoms with Crippen LogP contribution < -0.4 is 4.74 Å². The number of allylic oxidation sites excluding steroid dienone is 1. The van der Waals surface area contributed by atoms with Crippen molar-refractivity contribution in [3.8, 4) is 23.0 Å². The molecule has 0 heterocycles. The number of hydrogen-bond acceptors (Lipinski definition) is 4. The molecule has 0 aliphatic heterocycles. The second-order valence-corrected chi connectivity index (χ2v) is 5.43. The van der Waals surface area contributed by atoms with Crippen LogP contribution in [0.1, 0.15) is 25.0 Å². The minimum atomic E-state index is -0.172. The van der Waals surface area contributed by atoms with Gasteiger partial charge in [-0.25, -0.2) is 0 Å². The van der Waals surface area contributed by atoms with Gasteiger partial charge in [-0.05, 0) is 55.3 Å². The standard InChI is InChI=1S/C19H20O4/c1-13(2)7-8-23-17-10-15(9-16(20)12-17)4-3-14-5-6-18(21)19(22)11-14/h3-7,9-12,20-22H,8H2,1-2H3. The van der Waals surface area contributed by atoms with Gasteiger partial charge >= 0.3 is 0 Å². The van der Waals surface area contributed by atoms with Crippen molar-refractivity contribution in [3.05, 3.63) is 59.2 Å². The number of rotatable bonds is 5. The zero-order valence-electron chi connectivity index (χ0n) is 13.2. The van der Waals surface area contributed by atoms with Crippen LogP contribution in [0, 0.1) is 0 Å². The number of phenols is 3. The molecule has 23 heavy (non-hydrogen) atoms. The molecule has 4 heteroatoms. The molecule has 2 rings (SSSR count). The number of hydrogen-bond donors (Lipinski definition) is 3. The summed E-state index contributed by atoms with van der Waals surface area (Å²) in [6.45, 7) is 4.43. The molecule has 0 bridgehead atoms. The maximum atomic E-state index is 9.78. The minimum Gasteiger partial charge on any atom is -0.508 e. The van der Waals surface area contributed by atoms with Crippen LogP contribution in [0.4, 0.5) is 0 Å². The molecule has 0 unspecified atom stereocenters. The van der Waals surface area contributed by atoms with Gasteiger partial charge in [-0.1, -0.05) is 23.8 Å². The summed E-state index contributed by atoms with van der Waals surface area (Å²) < 4.78 is 5.58. The Kier molecular flexibility index (Phi) is 5.31. The number of ether oxygens (including phenoxy) is 1. The Morgan fingerprint density at radius 2 is 1.65 bits per heavy atom. The van der Waals surface area contributed by atoms with Gasteiger partial charge in [-0.15, -0.1) is 0 Å². The first-order valence-electron chi connectivity index (χ1n) is 7.24. The van der Waals surface area contributed by atoms with Gasteiger partial charge in [-0.2, -0.15) is 0 Å². The van der Waals surface area contributed by atoms with E-state index in [0.717, 1.165) is 16.7 Å². The Labute approximate surface area is 135 Å². The van der Waals surface area contributed by atoms with Gasteiger partial charge in [-0.3, -0.25) is 0 Å². The van der Waals surface area contributed by atoms with Gasteiger partial charge in [0.25, 0.3) is 0 Å². The van der Waals surface area contributed by atoms with Crippen molar-refractivity contribution in [3.63, 3.8) is 0 Å². The van der Waals surface area contributed by atoms with E-state index in [2.05, 4.69) is 0 Å². The molecule has 0 amide bonds. The van der Waals surface area contributed by atoms with Crippen molar-refractivity contribution in [2.75, 3.05) is 6.61 Å². The highest BCUT2D eigenvalue weighted by Gasteiger charge is 2.01. The van der Waals surface area contributed by atoms with E-state index in [-0.39, 0.29) is 17.2 Å². The molecular weight excluding hydrogens is 292 g/mol. The molecule has 0 aliphatic carbocycles. The summed E-state index contributed by atoms with van der Waals surface area (Å²) in [6, 6.07) is 9.55. The molecule has 0 spiro atoms. The zero-order chi connectivity index (χ0) is 16.8. The smallest absolute Gasteiger partial charge is 0.157 e. The molecule has 0 aromatic heterocycles. The van der Waals surface area contributed by atoms with Crippen molar-refractivity contribution in [1.29, 1.82) is 0 Å². The predicted octanol–water partition coefficient (Wildman–Crippen LogP) is 4.32. The number of benzene rings is 2. The minimum absolute atomic E-state index is 0.118. The second-order valence-electron chi connectivity index (χ2n) is 5.43. The normalized spacial score (nSPS) is 10.7. The monoisotopic (exact) mass is 312 g/mol. The van der Waals surface area contributed by atoms with Crippen molar-refractivity contribution in [2.45, 2.75) is 13.8 Å². The summed E-state index contributed by atoms with van der Waals surface area (Å²) in [5, 5.41) is 28.6. The molecule has 0 aliphatic rings. The van der Waals surface area contributed by atoms with Crippen LogP contribution in [0.3, 0.4) is 0 Å². The molecule has 0 saturated carbocycles. The lowest BCUT2D eigenvalue weighted by molar-refractivity contribution is 0.358. The van der Waals surface area contributed by atoms with Gasteiger partial charge in [0.15, 0.2) is 11.5 Å². The first-order chi connectivity index (χ1) is 10.9. The van der Waals surface area contributed by atoms with Crippen molar-refractivity contribution < 1.29 is 20.1 Å². The number of phenolic OH excluding ortho intramolecular Hbond substituents is 3. The molecule has 0 fully saturated rings. The molecule has 3 N–H and O–H groups in total.